The number of hydrogen-bond acceptors (Lipinski definition) is 9. The highest BCUT2D eigenvalue weighted by Gasteiger charge is 2.21. The summed E-state index contributed by atoms with van der Waals surface area (Å²) in [5.41, 5.74) is 3.62. The Bertz CT molecular complexity index is 992. The van der Waals surface area contributed by atoms with Gasteiger partial charge in [-0.3, -0.25) is 0 Å². The minimum Gasteiger partial charge on any atom is -0.497 e. The van der Waals surface area contributed by atoms with Gasteiger partial charge in [0.2, 0.25) is 0 Å². The molecule has 1 atom stereocenters. The van der Waals surface area contributed by atoms with E-state index in [4.69, 9.17) is 24.6 Å². The highest BCUT2D eigenvalue weighted by atomic mass is 16.5. The van der Waals surface area contributed by atoms with E-state index in [-0.39, 0.29) is 18.7 Å². The van der Waals surface area contributed by atoms with Gasteiger partial charge in [-0.15, -0.1) is 0 Å². The normalized spacial score (nSPS) is 15.1. The van der Waals surface area contributed by atoms with Crippen LogP contribution >= 0.6 is 0 Å². The van der Waals surface area contributed by atoms with Crippen LogP contribution in [-0.2, 0) is 4.74 Å². The number of likely N-dealkylation sites (N-methyl/N-ethyl adjacent to an activating group) is 1. The molecule has 5 N–H and O–H groups in total. The fourth-order valence-electron chi connectivity index (χ4n) is 4.03. The Morgan fingerprint density at radius 2 is 1.91 bits per heavy atom. The number of benzene rings is 1. The minimum atomic E-state index is -0.625. The summed E-state index contributed by atoms with van der Waals surface area (Å²) in [6.45, 7) is 7.93. The van der Waals surface area contributed by atoms with Crippen molar-refractivity contribution in [2.24, 2.45) is 0 Å². The van der Waals surface area contributed by atoms with Gasteiger partial charge in [-0.2, -0.15) is 0 Å². The van der Waals surface area contributed by atoms with Gasteiger partial charge in [-0.1, -0.05) is 0 Å². The van der Waals surface area contributed by atoms with Gasteiger partial charge in [-0.25, -0.2) is 4.98 Å². The van der Waals surface area contributed by atoms with Gasteiger partial charge < -0.3 is 40.7 Å². The maximum absolute atomic E-state index is 10.0. The maximum Gasteiger partial charge on any atom is 0.138 e. The van der Waals surface area contributed by atoms with Crippen molar-refractivity contribution >= 4 is 17.2 Å². The van der Waals surface area contributed by atoms with Crippen molar-refractivity contribution in [3.63, 3.8) is 0 Å². The molecule has 2 aromatic rings. The van der Waals surface area contributed by atoms with Crippen LogP contribution in [0.1, 0.15) is 39.2 Å². The first kappa shape index (κ1) is 26.7. The lowest BCUT2D eigenvalue weighted by atomic mass is 10.0. The van der Waals surface area contributed by atoms with Crippen molar-refractivity contribution in [3.05, 3.63) is 29.8 Å². The number of aromatic nitrogens is 1. The number of nitrogens with zero attached hydrogens (tertiary/aromatic N) is 1. The molecule has 0 spiro atoms. The Kier molecular flexibility index (Phi) is 9.71. The highest BCUT2D eigenvalue weighted by molar-refractivity contribution is 6.06. The van der Waals surface area contributed by atoms with E-state index in [1.165, 1.54) is 0 Å². The molecule has 9 nitrogen and oxygen atoms in total. The molecule has 1 aliphatic rings. The Balaban J connectivity index is 2.04. The largest absolute Gasteiger partial charge is 0.497 e. The van der Waals surface area contributed by atoms with Crippen LogP contribution in [-0.4, -0.2) is 74.5 Å². The number of aliphatic hydroxyl groups is 1. The monoisotopic (exact) mass is 485 g/mol. The molecule has 9 heteroatoms. The lowest BCUT2D eigenvalue weighted by Crippen LogP contribution is -2.29. The van der Waals surface area contributed by atoms with Crippen LogP contribution in [0, 0.1) is 5.41 Å². The first-order chi connectivity index (χ1) is 16.8. The Labute approximate surface area is 208 Å². The van der Waals surface area contributed by atoms with Crippen LogP contribution in [0.3, 0.4) is 0 Å². The maximum atomic E-state index is 10.0. The molecular formula is C26H39N5O4. The summed E-state index contributed by atoms with van der Waals surface area (Å²) in [7, 11) is 3.39. The molecule has 1 saturated heterocycles. The summed E-state index contributed by atoms with van der Waals surface area (Å²) in [4.78, 5) is 4.91. The Morgan fingerprint density at radius 1 is 1.20 bits per heavy atom. The van der Waals surface area contributed by atoms with Crippen LogP contribution in [0.15, 0.2) is 24.3 Å². The van der Waals surface area contributed by atoms with Gasteiger partial charge in [0.1, 0.15) is 30.0 Å². The number of aliphatic hydroxyl groups excluding tert-OH is 1. The van der Waals surface area contributed by atoms with E-state index >= 15 is 0 Å². The number of pyridine rings is 1. The van der Waals surface area contributed by atoms with Gasteiger partial charge in [0, 0.05) is 54.9 Å². The molecule has 1 aliphatic heterocycles. The average Bonchev–Trinajstić information content (AvgIpc) is 2.82. The third-order valence-corrected chi connectivity index (χ3v) is 5.69. The number of nitrogens with one attached hydrogen (secondary N) is 4. The van der Waals surface area contributed by atoms with Gasteiger partial charge in [-0.05, 0) is 58.9 Å². The zero-order valence-corrected chi connectivity index (χ0v) is 21.4. The topological polar surface area (TPSA) is 121 Å². The summed E-state index contributed by atoms with van der Waals surface area (Å²) in [6, 6.07) is 7.99. The lowest BCUT2D eigenvalue weighted by Gasteiger charge is -2.27. The van der Waals surface area contributed by atoms with Crippen molar-refractivity contribution in [2.45, 2.75) is 51.8 Å². The lowest BCUT2D eigenvalue weighted by molar-refractivity contribution is 0.0904. The zero-order chi connectivity index (χ0) is 25.4. The molecule has 1 aromatic carbocycles. The fraction of sp³-hybridized carbons (Fsp3) is 0.538. The summed E-state index contributed by atoms with van der Waals surface area (Å²) in [5, 5.41) is 28.5. The first-order valence-corrected chi connectivity index (χ1v) is 12.2. The molecule has 192 valence electrons. The number of rotatable bonds is 12. The van der Waals surface area contributed by atoms with Gasteiger partial charge >= 0.3 is 0 Å². The second kappa shape index (κ2) is 12.7. The summed E-state index contributed by atoms with van der Waals surface area (Å²) in [5.74, 6) is 1.88. The molecule has 35 heavy (non-hydrogen) atoms. The summed E-state index contributed by atoms with van der Waals surface area (Å²) in [6.07, 6.45) is 1.19. The average molecular weight is 486 g/mol. The Hall–Kier alpha value is -2.88. The van der Waals surface area contributed by atoms with Gasteiger partial charge in [0.15, 0.2) is 0 Å². The van der Waals surface area contributed by atoms with Crippen molar-refractivity contribution in [1.29, 1.82) is 5.41 Å². The smallest absolute Gasteiger partial charge is 0.138 e. The summed E-state index contributed by atoms with van der Waals surface area (Å²) >= 11 is 0. The molecule has 1 fully saturated rings. The van der Waals surface area contributed by atoms with E-state index in [0.717, 1.165) is 48.6 Å². The fourth-order valence-corrected chi connectivity index (χ4v) is 4.03. The summed E-state index contributed by atoms with van der Waals surface area (Å²) < 4.78 is 16.9. The molecule has 1 unspecified atom stereocenters. The first-order valence-electron chi connectivity index (χ1n) is 12.2. The molecule has 0 aliphatic carbocycles. The third-order valence-electron chi connectivity index (χ3n) is 5.69. The van der Waals surface area contributed by atoms with Crippen LogP contribution < -0.4 is 25.4 Å². The second-order valence-electron chi connectivity index (χ2n) is 9.15. The molecular weight excluding hydrogens is 446 g/mol. The Morgan fingerprint density at radius 3 is 2.54 bits per heavy atom. The molecule has 0 amide bonds. The molecule has 0 saturated carbocycles. The molecule has 3 rings (SSSR count). The van der Waals surface area contributed by atoms with Crippen LogP contribution in [0.5, 0.6) is 11.5 Å². The minimum absolute atomic E-state index is 0.143. The zero-order valence-electron chi connectivity index (χ0n) is 21.4. The van der Waals surface area contributed by atoms with E-state index in [9.17, 15) is 5.11 Å². The molecule has 0 bridgehead atoms. The number of ether oxygens (including phenoxy) is 3. The van der Waals surface area contributed by atoms with Gasteiger partial charge in [0.05, 0.1) is 18.4 Å². The molecule has 0 radical (unpaired) electrons. The number of hydrogen-bond donors (Lipinski definition) is 5. The number of anilines is 2. The third kappa shape index (κ3) is 7.55. The van der Waals surface area contributed by atoms with E-state index in [2.05, 4.69) is 29.8 Å². The predicted molar refractivity (Wildman–Crippen MR) is 140 cm³/mol. The van der Waals surface area contributed by atoms with Crippen molar-refractivity contribution in [1.82, 2.24) is 10.3 Å². The van der Waals surface area contributed by atoms with Crippen LogP contribution in [0.4, 0.5) is 11.5 Å². The SMILES string of the molecule is CNCC(O)COc1cc(OC)cc(-c2cc(NC3CCOCC3)c(C(C)=N)c(NC(C)C)n2)c1. The van der Waals surface area contributed by atoms with Crippen LogP contribution in [0.25, 0.3) is 11.3 Å². The quantitative estimate of drug-likeness (QED) is 0.290. The van der Waals surface area contributed by atoms with Gasteiger partial charge in [0.25, 0.3) is 0 Å². The standard InChI is InChI=1S/C26H39N5O4/c1-16(2)29-26-25(17(3)27)24(30-19-6-8-34-9-7-19)13-23(31-26)18-10-21(33-5)12-22(11-18)35-15-20(32)14-28-4/h10-13,16,19-20,27-28,32H,6-9,14-15H2,1-5H3,(H2,29,30,31). The van der Waals surface area contributed by atoms with Crippen LogP contribution in [0.2, 0.25) is 0 Å². The van der Waals surface area contributed by atoms with E-state index in [0.29, 0.717) is 29.6 Å². The van der Waals surface area contributed by atoms with E-state index in [1.807, 2.05) is 18.2 Å². The highest BCUT2D eigenvalue weighted by Crippen LogP contribution is 2.35. The van der Waals surface area contributed by atoms with Crippen molar-refractivity contribution in [3.8, 4) is 22.8 Å². The predicted octanol–water partition coefficient (Wildman–Crippen LogP) is 3.52. The van der Waals surface area contributed by atoms with Crippen molar-refractivity contribution in [2.75, 3.05) is 51.2 Å². The number of methoxy groups -OCH3 is 1. The molecule has 2 heterocycles. The van der Waals surface area contributed by atoms with E-state index < -0.39 is 6.10 Å². The van der Waals surface area contributed by atoms with Crippen molar-refractivity contribution < 1.29 is 19.3 Å². The second-order valence-corrected chi connectivity index (χ2v) is 9.15. The van der Waals surface area contributed by atoms with E-state index in [1.54, 1.807) is 27.1 Å². The molecule has 1 aromatic heterocycles.